The zero-order valence-corrected chi connectivity index (χ0v) is 11.7. The summed E-state index contributed by atoms with van der Waals surface area (Å²) in [6.45, 7) is 2.82. The highest BCUT2D eigenvalue weighted by molar-refractivity contribution is 5.91. The Morgan fingerprint density at radius 1 is 1.60 bits per heavy atom. The normalized spacial score (nSPS) is 20.1. The van der Waals surface area contributed by atoms with Gasteiger partial charge in [0.1, 0.15) is 5.75 Å². The molecule has 2 N–H and O–H groups in total. The first kappa shape index (κ1) is 14.6. The molecule has 1 aromatic rings. The van der Waals surface area contributed by atoms with Gasteiger partial charge in [0, 0.05) is 18.7 Å². The maximum Gasteiger partial charge on any atom is 0.244 e. The lowest BCUT2D eigenvalue weighted by molar-refractivity contribution is -0.117. The summed E-state index contributed by atoms with van der Waals surface area (Å²) in [5.74, 6) is 0.0677. The molecule has 1 heterocycles. The van der Waals surface area contributed by atoms with E-state index in [1.165, 1.54) is 6.08 Å². The first-order valence-electron chi connectivity index (χ1n) is 7.02. The number of ether oxygens (including phenoxy) is 1. The minimum absolute atomic E-state index is 0.0967. The van der Waals surface area contributed by atoms with E-state index in [0.717, 1.165) is 31.4 Å². The molecule has 0 radical (unpaired) electrons. The molecule has 1 aliphatic heterocycles. The van der Waals surface area contributed by atoms with Gasteiger partial charge in [0.2, 0.25) is 5.91 Å². The molecule has 1 fully saturated rings. The molecule has 0 spiro atoms. The van der Waals surface area contributed by atoms with Gasteiger partial charge in [0.15, 0.2) is 0 Å². The fourth-order valence-electron chi connectivity index (χ4n) is 2.37. The molecule has 4 heteroatoms. The topological polar surface area (TPSA) is 58.6 Å². The quantitative estimate of drug-likeness (QED) is 0.812. The molecule has 2 rings (SSSR count). The van der Waals surface area contributed by atoms with Crippen molar-refractivity contribution in [1.82, 2.24) is 5.32 Å². The molecule has 1 aromatic carbocycles. The minimum atomic E-state index is -0.126. The number of phenols is 1. The van der Waals surface area contributed by atoms with E-state index in [9.17, 15) is 9.90 Å². The van der Waals surface area contributed by atoms with Crippen LogP contribution in [0.15, 0.2) is 30.3 Å². The molecular formula is C16H21NO3. The Morgan fingerprint density at radius 3 is 3.15 bits per heavy atom. The van der Waals surface area contributed by atoms with Gasteiger partial charge in [-0.3, -0.25) is 4.79 Å². The molecule has 20 heavy (non-hydrogen) atoms. The van der Waals surface area contributed by atoms with Crippen molar-refractivity contribution in [3.63, 3.8) is 0 Å². The first-order valence-corrected chi connectivity index (χ1v) is 7.02. The van der Waals surface area contributed by atoms with Crippen LogP contribution in [-0.2, 0) is 9.53 Å². The maximum atomic E-state index is 11.8. The Hall–Kier alpha value is -1.81. The van der Waals surface area contributed by atoms with Gasteiger partial charge in [0.05, 0.1) is 6.10 Å². The fourth-order valence-corrected chi connectivity index (χ4v) is 2.37. The number of aromatic hydroxyl groups is 1. The van der Waals surface area contributed by atoms with Crippen LogP contribution in [0.4, 0.5) is 0 Å². The van der Waals surface area contributed by atoms with E-state index in [-0.39, 0.29) is 23.8 Å². The molecule has 0 aliphatic carbocycles. The summed E-state index contributed by atoms with van der Waals surface area (Å²) in [5, 5.41) is 12.3. The van der Waals surface area contributed by atoms with E-state index in [1.54, 1.807) is 24.3 Å². The Balaban J connectivity index is 1.79. The van der Waals surface area contributed by atoms with Crippen molar-refractivity contribution >= 4 is 12.0 Å². The molecule has 108 valence electrons. The summed E-state index contributed by atoms with van der Waals surface area (Å²) >= 11 is 0. The van der Waals surface area contributed by atoms with Gasteiger partial charge in [-0.25, -0.2) is 0 Å². The van der Waals surface area contributed by atoms with Crippen molar-refractivity contribution in [2.75, 3.05) is 6.61 Å². The second-order valence-corrected chi connectivity index (χ2v) is 5.21. The van der Waals surface area contributed by atoms with E-state index in [1.807, 2.05) is 13.0 Å². The third kappa shape index (κ3) is 4.70. The number of amides is 1. The molecular weight excluding hydrogens is 254 g/mol. The monoisotopic (exact) mass is 275 g/mol. The highest BCUT2D eigenvalue weighted by atomic mass is 16.5. The highest BCUT2D eigenvalue weighted by Crippen LogP contribution is 2.17. The third-order valence-corrected chi connectivity index (χ3v) is 3.33. The summed E-state index contributed by atoms with van der Waals surface area (Å²) < 4.78 is 5.55. The van der Waals surface area contributed by atoms with Crippen molar-refractivity contribution in [3.8, 4) is 5.75 Å². The van der Waals surface area contributed by atoms with Crippen LogP contribution >= 0.6 is 0 Å². The summed E-state index contributed by atoms with van der Waals surface area (Å²) in [5.41, 5.74) is 0.798. The number of benzene rings is 1. The molecule has 4 nitrogen and oxygen atoms in total. The van der Waals surface area contributed by atoms with Crippen molar-refractivity contribution < 1.29 is 14.6 Å². The van der Waals surface area contributed by atoms with Crippen molar-refractivity contribution in [2.45, 2.75) is 38.3 Å². The number of rotatable bonds is 5. The highest BCUT2D eigenvalue weighted by Gasteiger charge is 2.18. The number of phenolic OH excluding ortho intramolecular Hbond substituents is 1. The van der Waals surface area contributed by atoms with Gasteiger partial charge in [-0.1, -0.05) is 12.1 Å². The summed E-state index contributed by atoms with van der Waals surface area (Å²) in [7, 11) is 0. The van der Waals surface area contributed by atoms with Crippen molar-refractivity contribution in [3.05, 3.63) is 35.9 Å². The molecule has 2 atom stereocenters. The average Bonchev–Trinajstić information content (AvgIpc) is 2.89. The van der Waals surface area contributed by atoms with Gasteiger partial charge in [-0.15, -0.1) is 0 Å². The number of nitrogens with one attached hydrogen (secondary N) is 1. The lowest BCUT2D eigenvalue weighted by atomic mass is 10.1. The summed E-state index contributed by atoms with van der Waals surface area (Å²) in [6.07, 6.45) is 6.50. The largest absolute Gasteiger partial charge is 0.508 e. The average molecular weight is 275 g/mol. The fraction of sp³-hybridized carbons (Fsp3) is 0.438. The van der Waals surface area contributed by atoms with Gasteiger partial charge < -0.3 is 15.2 Å². The molecule has 0 unspecified atom stereocenters. The number of hydrogen-bond acceptors (Lipinski definition) is 3. The van der Waals surface area contributed by atoms with Crippen LogP contribution in [0.2, 0.25) is 0 Å². The van der Waals surface area contributed by atoms with Crippen LogP contribution in [0.1, 0.15) is 31.7 Å². The molecule has 0 saturated carbocycles. The Kier molecular flexibility index (Phi) is 5.18. The Labute approximate surface area is 119 Å². The third-order valence-electron chi connectivity index (χ3n) is 3.33. The first-order chi connectivity index (χ1) is 9.63. The molecule has 1 saturated heterocycles. The Morgan fingerprint density at radius 2 is 2.45 bits per heavy atom. The van der Waals surface area contributed by atoms with Crippen LogP contribution in [0.5, 0.6) is 5.75 Å². The zero-order chi connectivity index (χ0) is 14.4. The SMILES string of the molecule is C[C@@H](C[C@@H]1CCCO1)NC(=O)/C=C/c1cccc(O)c1. The number of carbonyl (C=O) groups excluding carboxylic acids is 1. The van der Waals surface area contributed by atoms with E-state index in [4.69, 9.17) is 4.74 Å². The standard InChI is InChI=1S/C16H21NO3/c1-12(10-15-6-3-9-20-15)17-16(19)8-7-13-4-2-5-14(18)11-13/h2,4-5,7-8,11-12,15,18H,3,6,9-10H2,1H3,(H,17,19)/b8-7+/t12-,15-/m0/s1. The maximum absolute atomic E-state index is 11.8. The van der Waals surface area contributed by atoms with Crippen molar-refractivity contribution in [2.24, 2.45) is 0 Å². The van der Waals surface area contributed by atoms with E-state index in [2.05, 4.69) is 5.32 Å². The Bertz CT molecular complexity index is 478. The van der Waals surface area contributed by atoms with Crippen LogP contribution in [0, 0.1) is 0 Å². The zero-order valence-electron chi connectivity index (χ0n) is 11.7. The summed E-state index contributed by atoms with van der Waals surface area (Å²) in [4.78, 5) is 11.8. The van der Waals surface area contributed by atoms with E-state index >= 15 is 0 Å². The number of carbonyl (C=O) groups is 1. The van der Waals surface area contributed by atoms with Crippen LogP contribution in [0.25, 0.3) is 6.08 Å². The van der Waals surface area contributed by atoms with Crippen LogP contribution < -0.4 is 5.32 Å². The predicted molar refractivity (Wildman–Crippen MR) is 78.3 cm³/mol. The van der Waals surface area contributed by atoms with E-state index in [0.29, 0.717) is 0 Å². The lowest BCUT2D eigenvalue weighted by Crippen LogP contribution is -2.33. The molecule has 0 bridgehead atoms. The predicted octanol–water partition coefficient (Wildman–Crippen LogP) is 2.48. The van der Waals surface area contributed by atoms with Gasteiger partial charge >= 0.3 is 0 Å². The molecule has 0 aromatic heterocycles. The van der Waals surface area contributed by atoms with Crippen molar-refractivity contribution in [1.29, 1.82) is 0 Å². The second-order valence-electron chi connectivity index (χ2n) is 5.21. The minimum Gasteiger partial charge on any atom is -0.508 e. The second kappa shape index (κ2) is 7.10. The molecule has 1 amide bonds. The summed E-state index contributed by atoms with van der Waals surface area (Å²) in [6, 6.07) is 6.88. The van der Waals surface area contributed by atoms with Gasteiger partial charge in [-0.2, -0.15) is 0 Å². The number of hydrogen-bond donors (Lipinski definition) is 2. The van der Waals surface area contributed by atoms with Crippen LogP contribution in [-0.4, -0.2) is 29.8 Å². The van der Waals surface area contributed by atoms with Gasteiger partial charge in [-0.05, 0) is 50.0 Å². The van der Waals surface area contributed by atoms with Crippen LogP contribution in [0.3, 0.4) is 0 Å². The van der Waals surface area contributed by atoms with E-state index < -0.39 is 0 Å². The smallest absolute Gasteiger partial charge is 0.244 e. The lowest BCUT2D eigenvalue weighted by Gasteiger charge is -2.16. The molecule has 1 aliphatic rings. The van der Waals surface area contributed by atoms with Gasteiger partial charge in [0.25, 0.3) is 0 Å².